The molecule has 1 aliphatic carbocycles. The van der Waals surface area contributed by atoms with Gasteiger partial charge in [0, 0.05) is 24.0 Å². The van der Waals surface area contributed by atoms with Crippen LogP contribution in [0.5, 0.6) is 0 Å². The van der Waals surface area contributed by atoms with Crippen molar-refractivity contribution in [3.8, 4) is 16.9 Å². The third-order valence-corrected chi connectivity index (χ3v) is 5.78. The fourth-order valence-electron chi connectivity index (χ4n) is 3.92. The van der Waals surface area contributed by atoms with Crippen LogP contribution in [0.15, 0.2) is 48.8 Å². The molecule has 0 unspecified atom stereocenters. The lowest BCUT2D eigenvalue weighted by Gasteiger charge is -2.26. The van der Waals surface area contributed by atoms with E-state index in [4.69, 9.17) is 0 Å². The van der Waals surface area contributed by atoms with E-state index in [1.54, 1.807) is 17.1 Å². The number of amides is 1. The van der Waals surface area contributed by atoms with Gasteiger partial charge in [0.25, 0.3) is 5.91 Å². The molecule has 1 saturated carbocycles. The molecule has 1 amide bonds. The average molecular weight is 390 g/mol. The molecule has 3 aromatic rings. The zero-order chi connectivity index (χ0) is 20.2. The Morgan fingerprint density at radius 3 is 2.41 bits per heavy atom. The summed E-state index contributed by atoms with van der Waals surface area (Å²) in [7, 11) is 0. The molecule has 0 saturated heterocycles. The highest BCUT2D eigenvalue weighted by molar-refractivity contribution is 5.98. The van der Waals surface area contributed by atoms with Crippen molar-refractivity contribution in [2.75, 3.05) is 0 Å². The third kappa shape index (κ3) is 4.21. The van der Waals surface area contributed by atoms with Gasteiger partial charge in [-0.25, -0.2) is 4.68 Å². The highest BCUT2D eigenvalue weighted by Gasteiger charge is 2.26. The standard InChI is InChI=1S/C23H27N5O/c1-3-17-6-10-20(11-7-17)28-22(18-12-14-24-15-13-18)21(26-27-28)23(29)25-19-8-4-16(2)5-9-19/h6-7,10-16,19H,3-5,8-9H2,1-2H3,(H,25,29). The maximum absolute atomic E-state index is 13.1. The number of hydrogen-bond donors (Lipinski definition) is 1. The molecule has 0 bridgehead atoms. The molecule has 0 atom stereocenters. The zero-order valence-corrected chi connectivity index (χ0v) is 17.0. The molecule has 1 aromatic carbocycles. The number of rotatable bonds is 5. The zero-order valence-electron chi connectivity index (χ0n) is 17.0. The Bertz CT molecular complexity index is 957. The Kier molecular flexibility index (Phi) is 5.69. The van der Waals surface area contributed by atoms with Crippen LogP contribution in [0.4, 0.5) is 0 Å². The van der Waals surface area contributed by atoms with E-state index in [-0.39, 0.29) is 11.9 Å². The van der Waals surface area contributed by atoms with Gasteiger partial charge in [0.05, 0.1) is 5.69 Å². The quantitative estimate of drug-likeness (QED) is 0.710. The number of aromatic nitrogens is 4. The van der Waals surface area contributed by atoms with Crippen molar-refractivity contribution in [3.63, 3.8) is 0 Å². The molecule has 0 radical (unpaired) electrons. The summed E-state index contributed by atoms with van der Waals surface area (Å²) in [6, 6.07) is 12.2. The number of nitrogens with zero attached hydrogens (tertiary/aromatic N) is 4. The summed E-state index contributed by atoms with van der Waals surface area (Å²) in [6.45, 7) is 4.40. The minimum absolute atomic E-state index is 0.159. The van der Waals surface area contributed by atoms with Crippen LogP contribution in [0.25, 0.3) is 16.9 Å². The van der Waals surface area contributed by atoms with Gasteiger partial charge in [0.2, 0.25) is 0 Å². The maximum Gasteiger partial charge on any atom is 0.274 e. The van der Waals surface area contributed by atoms with Gasteiger partial charge >= 0.3 is 0 Å². The normalized spacial score (nSPS) is 19.1. The fraction of sp³-hybridized carbons (Fsp3) is 0.391. The molecule has 0 aliphatic heterocycles. The molecule has 2 heterocycles. The molecule has 1 fully saturated rings. The molecule has 4 rings (SSSR count). The summed E-state index contributed by atoms with van der Waals surface area (Å²) in [4.78, 5) is 17.2. The van der Waals surface area contributed by atoms with Crippen molar-refractivity contribution < 1.29 is 4.79 Å². The fourth-order valence-corrected chi connectivity index (χ4v) is 3.92. The predicted molar refractivity (Wildman–Crippen MR) is 113 cm³/mol. The SMILES string of the molecule is CCc1ccc(-n2nnc(C(=O)NC3CCC(C)CC3)c2-c2ccncc2)cc1. The summed E-state index contributed by atoms with van der Waals surface area (Å²) < 4.78 is 1.74. The first-order valence-corrected chi connectivity index (χ1v) is 10.4. The van der Waals surface area contributed by atoms with Crippen LogP contribution in [0.2, 0.25) is 0 Å². The van der Waals surface area contributed by atoms with E-state index in [2.05, 4.69) is 46.6 Å². The van der Waals surface area contributed by atoms with Crippen molar-refractivity contribution in [3.05, 3.63) is 60.0 Å². The lowest BCUT2D eigenvalue weighted by molar-refractivity contribution is 0.0918. The van der Waals surface area contributed by atoms with Crippen LogP contribution in [-0.2, 0) is 6.42 Å². The largest absolute Gasteiger partial charge is 0.348 e. The first-order valence-electron chi connectivity index (χ1n) is 10.4. The molecule has 6 heteroatoms. The molecule has 29 heavy (non-hydrogen) atoms. The van der Waals surface area contributed by atoms with Crippen molar-refractivity contribution in [1.29, 1.82) is 0 Å². The summed E-state index contributed by atoms with van der Waals surface area (Å²) in [5.41, 5.74) is 4.05. The number of hydrogen-bond acceptors (Lipinski definition) is 4. The first kappa shape index (κ1) is 19.3. The molecule has 150 valence electrons. The Morgan fingerprint density at radius 2 is 1.76 bits per heavy atom. The number of carbonyl (C=O) groups is 1. The Balaban J connectivity index is 1.68. The lowest BCUT2D eigenvalue weighted by Crippen LogP contribution is -2.37. The summed E-state index contributed by atoms with van der Waals surface area (Å²) in [5.74, 6) is 0.579. The molecular formula is C23H27N5O. The monoisotopic (exact) mass is 389 g/mol. The summed E-state index contributed by atoms with van der Waals surface area (Å²) in [6.07, 6.45) is 8.75. The Hall–Kier alpha value is -3.02. The van der Waals surface area contributed by atoms with E-state index in [0.717, 1.165) is 49.3 Å². The van der Waals surface area contributed by atoms with Crippen LogP contribution in [0.3, 0.4) is 0 Å². The van der Waals surface area contributed by atoms with E-state index < -0.39 is 0 Å². The molecule has 1 aliphatic rings. The molecule has 2 aromatic heterocycles. The van der Waals surface area contributed by atoms with Gasteiger partial charge in [0.1, 0.15) is 5.69 Å². The highest BCUT2D eigenvalue weighted by Crippen LogP contribution is 2.27. The van der Waals surface area contributed by atoms with Crippen LogP contribution >= 0.6 is 0 Å². The van der Waals surface area contributed by atoms with Gasteiger partial charge < -0.3 is 5.32 Å². The van der Waals surface area contributed by atoms with Crippen LogP contribution in [-0.4, -0.2) is 31.9 Å². The first-order chi connectivity index (χ1) is 14.2. The van der Waals surface area contributed by atoms with Crippen LogP contribution in [0, 0.1) is 5.92 Å². The summed E-state index contributed by atoms with van der Waals surface area (Å²) >= 11 is 0. The van der Waals surface area contributed by atoms with Crippen molar-refractivity contribution in [2.45, 2.75) is 52.0 Å². The molecule has 6 nitrogen and oxygen atoms in total. The number of carbonyl (C=O) groups excluding carboxylic acids is 1. The average Bonchev–Trinajstić information content (AvgIpc) is 3.21. The van der Waals surface area contributed by atoms with Gasteiger partial charge in [-0.2, -0.15) is 0 Å². The second-order valence-electron chi connectivity index (χ2n) is 7.88. The smallest absolute Gasteiger partial charge is 0.274 e. The van der Waals surface area contributed by atoms with E-state index in [1.807, 2.05) is 24.3 Å². The lowest BCUT2D eigenvalue weighted by atomic mass is 9.87. The highest BCUT2D eigenvalue weighted by atomic mass is 16.2. The minimum Gasteiger partial charge on any atom is -0.348 e. The topological polar surface area (TPSA) is 72.7 Å². The van der Waals surface area contributed by atoms with Crippen LogP contribution < -0.4 is 5.32 Å². The van der Waals surface area contributed by atoms with Gasteiger partial charge in [-0.05, 0) is 67.9 Å². The van der Waals surface area contributed by atoms with Gasteiger partial charge in [-0.1, -0.05) is 31.2 Å². The summed E-state index contributed by atoms with van der Waals surface area (Å²) in [5, 5.41) is 11.8. The second-order valence-corrected chi connectivity index (χ2v) is 7.88. The maximum atomic E-state index is 13.1. The molecule has 1 N–H and O–H groups in total. The van der Waals surface area contributed by atoms with Gasteiger partial charge in [-0.3, -0.25) is 9.78 Å². The second kappa shape index (κ2) is 8.55. The van der Waals surface area contributed by atoms with Crippen LogP contribution in [0.1, 0.15) is 55.6 Å². The molecular weight excluding hydrogens is 362 g/mol. The van der Waals surface area contributed by atoms with Gasteiger partial charge in [-0.15, -0.1) is 5.10 Å². The molecule has 0 spiro atoms. The van der Waals surface area contributed by atoms with E-state index >= 15 is 0 Å². The number of aryl methyl sites for hydroxylation is 1. The van der Waals surface area contributed by atoms with E-state index in [1.165, 1.54) is 5.56 Å². The Labute approximate surface area is 171 Å². The van der Waals surface area contributed by atoms with Gasteiger partial charge in [0.15, 0.2) is 5.69 Å². The Morgan fingerprint density at radius 1 is 1.07 bits per heavy atom. The van der Waals surface area contributed by atoms with Crippen molar-refractivity contribution >= 4 is 5.91 Å². The van der Waals surface area contributed by atoms with Crippen molar-refractivity contribution in [1.82, 2.24) is 25.3 Å². The number of pyridine rings is 1. The predicted octanol–water partition coefficient (Wildman–Crippen LogP) is 4.20. The number of benzene rings is 1. The number of nitrogens with one attached hydrogen (secondary N) is 1. The van der Waals surface area contributed by atoms with E-state index in [9.17, 15) is 4.79 Å². The van der Waals surface area contributed by atoms with Crippen molar-refractivity contribution in [2.24, 2.45) is 5.92 Å². The third-order valence-electron chi connectivity index (χ3n) is 5.78. The van der Waals surface area contributed by atoms with E-state index in [0.29, 0.717) is 11.4 Å². The minimum atomic E-state index is -0.159.